The first-order valence-corrected chi connectivity index (χ1v) is 7.21. The van der Waals surface area contributed by atoms with Crippen LogP contribution in [0.25, 0.3) is 0 Å². The average Bonchev–Trinajstić information content (AvgIpc) is 2.26. The third-order valence-electron chi connectivity index (χ3n) is 2.25. The summed E-state index contributed by atoms with van der Waals surface area (Å²) in [6.07, 6.45) is 0. The predicted octanol–water partition coefficient (Wildman–Crippen LogP) is 2.10. The van der Waals surface area contributed by atoms with Crippen LogP contribution < -0.4 is 5.48 Å². The van der Waals surface area contributed by atoms with Gasteiger partial charge in [-0.3, -0.25) is 9.36 Å². The Hall–Kier alpha value is -0.260. The molecule has 102 valence electrons. The molecule has 0 fully saturated rings. The zero-order valence-electron chi connectivity index (χ0n) is 11.1. The van der Waals surface area contributed by atoms with Crippen molar-refractivity contribution in [1.82, 2.24) is 5.48 Å². The van der Waals surface area contributed by atoms with Crippen molar-refractivity contribution in [2.45, 2.75) is 39.9 Å². The van der Waals surface area contributed by atoms with Gasteiger partial charge in [0.1, 0.15) is 0 Å². The molecule has 0 aliphatic rings. The molecular formula is C10H22NO5P. The van der Waals surface area contributed by atoms with Crippen LogP contribution in [0.4, 0.5) is 0 Å². The SMILES string of the molecule is CCONC(C)(C(C)=O)P(=O)(OCC)OCC. The van der Waals surface area contributed by atoms with Crippen molar-refractivity contribution in [3.63, 3.8) is 0 Å². The summed E-state index contributed by atoms with van der Waals surface area (Å²) in [5.41, 5.74) is 2.49. The summed E-state index contributed by atoms with van der Waals surface area (Å²) in [5.74, 6) is -0.365. The summed E-state index contributed by atoms with van der Waals surface area (Å²) in [5, 5.41) is -1.49. The number of carbonyl (C=O) groups is 1. The Bertz CT molecular complexity index is 286. The fourth-order valence-electron chi connectivity index (χ4n) is 1.17. The van der Waals surface area contributed by atoms with Crippen molar-refractivity contribution < 1.29 is 23.2 Å². The van der Waals surface area contributed by atoms with Crippen LogP contribution in [0, 0.1) is 0 Å². The Morgan fingerprint density at radius 2 is 1.65 bits per heavy atom. The van der Waals surface area contributed by atoms with Crippen LogP contribution >= 0.6 is 7.60 Å². The summed E-state index contributed by atoms with van der Waals surface area (Å²) < 4.78 is 22.9. The molecule has 17 heavy (non-hydrogen) atoms. The van der Waals surface area contributed by atoms with E-state index in [1.54, 1.807) is 20.8 Å². The number of hydrogen-bond donors (Lipinski definition) is 1. The first-order valence-electron chi connectivity index (χ1n) is 5.67. The highest BCUT2D eigenvalue weighted by Crippen LogP contribution is 2.58. The fourth-order valence-corrected chi connectivity index (χ4v) is 3.00. The van der Waals surface area contributed by atoms with E-state index in [2.05, 4.69) is 5.48 Å². The van der Waals surface area contributed by atoms with E-state index in [1.807, 2.05) is 0 Å². The van der Waals surface area contributed by atoms with Gasteiger partial charge in [-0.05, 0) is 34.6 Å². The molecule has 1 N–H and O–H groups in total. The Kier molecular flexibility index (Phi) is 7.13. The molecule has 6 nitrogen and oxygen atoms in total. The van der Waals surface area contributed by atoms with Gasteiger partial charge in [-0.15, -0.1) is 0 Å². The predicted molar refractivity (Wildman–Crippen MR) is 64.7 cm³/mol. The van der Waals surface area contributed by atoms with Crippen LogP contribution in [0.3, 0.4) is 0 Å². The summed E-state index contributed by atoms with van der Waals surface area (Å²) in [6.45, 7) is 8.61. The quantitative estimate of drug-likeness (QED) is 0.509. The molecule has 0 rings (SSSR count). The lowest BCUT2D eigenvalue weighted by atomic mass is 10.2. The Labute approximate surface area is 102 Å². The average molecular weight is 267 g/mol. The van der Waals surface area contributed by atoms with Crippen LogP contribution in [-0.2, 0) is 23.2 Å². The molecule has 0 aromatic rings. The first-order chi connectivity index (χ1) is 7.88. The maximum absolute atomic E-state index is 12.6. The maximum Gasteiger partial charge on any atom is 0.360 e. The highest BCUT2D eigenvalue weighted by atomic mass is 31.2. The molecule has 7 heteroatoms. The van der Waals surface area contributed by atoms with Crippen LogP contribution in [0.5, 0.6) is 0 Å². The Morgan fingerprint density at radius 1 is 1.18 bits per heavy atom. The molecule has 0 saturated carbocycles. The second-order valence-corrected chi connectivity index (χ2v) is 5.90. The van der Waals surface area contributed by atoms with Crippen LogP contribution in [-0.4, -0.2) is 30.9 Å². The molecule has 0 spiro atoms. The minimum atomic E-state index is -3.61. The molecule has 0 amide bonds. The fraction of sp³-hybridized carbons (Fsp3) is 0.900. The van der Waals surface area contributed by atoms with Gasteiger partial charge in [0.05, 0.1) is 19.8 Å². The van der Waals surface area contributed by atoms with E-state index < -0.39 is 12.9 Å². The van der Waals surface area contributed by atoms with Crippen LogP contribution in [0.2, 0.25) is 0 Å². The van der Waals surface area contributed by atoms with Crippen molar-refractivity contribution in [1.29, 1.82) is 0 Å². The lowest BCUT2D eigenvalue weighted by Gasteiger charge is -2.33. The largest absolute Gasteiger partial charge is 0.360 e. The molecule has 0 saturated heterocycles. The Morgan fingerprint density at radius 3 is 1.94 bits per heavy atom. The number of Topliss-reactive ketones (excluding diaryl/α,β-unsaturated/α-hetero) is 1. The number of hydroxylamine groups is 1. The van der Waals surface area contributed by atoms with Gasteiger partial charge in [-0.2, -0.15) is 5.48 Å². The third-order valence-corrected chi connectivity index (χ3v) is 4.94. The van der Waals surface area contributed by atoms with Crippen molar-refractivity contribution >= 4 is 13.4 Å². The van der Waals surface area contributed by atoms with Crippen molar-refractivity contribution in [2.24, 2.45) is 0 Å². The van der Waals surface area contributed by atoms with E-state index >= 15 is 0 Å². The van der Waals surface area contributed by atoms with Gasteiger partial charge in [-0.25, -0.2) is 0 Å². The van der Waals surface area contributed by atoms with Gasteiger partial charge in [-0.1, -0.05) is 0 Å². The van der Waals surface area contributed by atoms with E-state index in [9.17, 15) is 9.36 Å². The molecule has 0 aromatic carbocycles. The van der Waals surface area contributed by atoms with Crippen LogP contribution in [0.1, 0.15) is 34.6 Å². The van der Waals surface area contributed by atoms with Gasteiger partial charge < -0.3 is 13.9 Å². The molecule has 0 bridgehead atoms. The monoisotopic (exact) mass is 267 g/mol. The Balaban J connectivity index is 5.21. The van der Waals surface area contributed by atoms with Gasteiger partial charge in [0, 0.05) is 0 Å². The van der Waals surface area contributed by atoms with Crippen molar-refractivity contribution in [3.05, 3.63) is 0 Å². The second kappa shape index (κ2) is 7.24. The van der Waals surface area contributed by atoms with E-state index in [0.29, 0.717) is 6.61 Å². The summed E-state index contributed by atoms with van der Waals surface area (Å²) >= 11 is 0. The van der Waals surface area contributed by atoms with Crippen LogP contribution in [0.15, 0.2) is 0 Å². The minimum absolute atomic E-state index is 0.188. The lowest BCUT2D eigenvalue weighted by molar-refractivity contribution is -0.125. The molecule has 0 aromatic heterocycles. The number of hydrogen-bond acceptors (Lipinski definition) is 6. The normalized spacial score (nSPS) is 15.6. The molecule has 0 heterocycles. The minimum Gasteiger partial charge on any atom is -0.307 e. The maximum atomic E-state index is 12.6. The number of rotatable bonds is 9. The zero-order chi connectivity index (χ0) is 13.5. The van der Waals surface area contributed by atoms with Crippen molar-refractivity contribution in [3.8, 4) is 0 Å². The van der Waals surface area contributed by atoms with Gasteiger partial charge in [0.15, 0.2) is 11.1 Å². The summed E-state index contributed by atoms with van der Waals surface area (Å²) in [6, 6.07) is 0. The van der Waals surface area contributed by atoms with Gasteiger partial charge in [0.2, 0.25) is 0 Å². The van der Waals surface area contributed by atoms with E-state index in [4.69, 9.17) is 13.9 Å². The number of ketones is 1. The summed E-state index contributed by atoms with van der Waals surface area (Å²) in [7, 11) is -3.61. The second-order valence-electron chi connectivity index (χ2n) is 3.50. The smallest absolute Gasteiger partial charge is 0.307 e. The standard InChI is InChI=1S/C10H22NO5P/c1-6-14-11-10(5,9(4)12)17(13,15-7-2)16-8-3/h11H,6-8H2,1-5H3. The topological polar surface area (TPSA) is 73.9 Å². The zero-order valence-corrected chi connectivity index (χ0v) is 12.0. The molecule has 0 aliphatic carbocycles. The highest BCUT2D eigenvalue weighted by molar-refractivity contribution is 7.56. The molecule has 1 unspecified atom stereocenters. The van der Waals surface area contributed by atoms with E-state index in [0.717, 1.165) is 0 Å². The number of carbonyl (C=O) groups excluding carboxylic acids is 1. The van der Waals surface area contributed by atoms with Crippen molar-refractivity contribution in [2.75, 3.05) is 19.8 Å². The third kappa shape index (κ3) is 3.86. The molecule has 0 aliphatic heterocycles. The molecule has 0 radical (unpaired) electrons. The highest BCUT2D eigenvalue weighted by Gasteiger charge is 2.51. The number of nitrogens with one attached hydrogen (secondary N) is 1. The summed E-state index contributed by atoms with van der Waals surface area (Å²) in [4.78, 5) is 16.7. The lowest BCUT2D eigenvalue weighted by Crippen LogP contribution is -2.49. The molecule has 1 atom stereocenters. The van der Waals surface area contributed by atoms with E-state index in [1.165, 1.54) is 13.8 Å². The molecular weight excluding hydrogens is 245 g/mol. The first kappa shape index (κ1) is 16.7. The van der Waals surface area contributed by atoms with E-state index in [-0.39, 0.29) is 19.0 Å². The van der Waals surface area contributed by atoms with Gasteiger partial charge in [0.25, 0.3) is 0 Å². The van der Waals surface area contributed by atoms with Gasteiger partial charge >= 0.3 is 7.60 Å².